The predicted octanol–water partition coefficient (Wildman–Crippen LogP) is 18.4. The van der Waals surface area contributed by atoms with Crippen LogP contribution < -0.4 is 9.64 Å². The highest BCUT2D eigenvalue weighted by atomic mass is 32.1. The molecule has 1 atom stereocenters. The number of phenolic OH excluding ortho intramolecular Hbond substituents is 5. The summed E-state index contributed by atoms with van der Waals surface area (Å²) in [5, 5.41) is 52.8. The van der Waals surface area contributed by atoms with Gasteiger partial charge in [-0.05, 0) is 123 Å². The summed E-state index contributed by atoms with van der Waals surface area (Å²) in [6.07, 6.45) is 9.88. The molecular weight excluding hydrogens is 997 g/mol. The third-order valence-corrected chi connectivity index (χ3v) is 15.6. The molecule has 12 aromatic rings. The molecule has 10 aromatic carbocycles. The van der Waals surface area contributed by atoms with Crippen LogP contribution in [0, 0.1) is 27.7 Å². The minimum absolute atomic E-state index is 0.136. The van der Waals surface area contributed by atoms with Gasteiger partial charge in [0.2, 0.25) is 17.2 Å². The number of ether oxygens (including phenoxy) is 1. The van der Waals surface area contributed by atoms with Crippen molar-refractivity contribution in [2.45, 2.75) is 40.2 Å². The lowest BCUT2D eigenvalue weighted by atomic mass is 9.96. The van der Waals surface area contributed by atoms with Crippen molar-refractivity contribution in [1.29, 1.82) is 0 Å². The molecule has 13 rings (SSSR count). The molecule has 2 heterocycles. The molecule has 1 aliphatic rings. The fourth-order valence-electron chi connectivity index (χ4n) is 10.5. The molecule has 0 fully saturated rings. The molecule has 1 unspecified atom stereocenters. The van der Waals surface area contributed by atoms with Crippen molar-refractivity contribution in [3.05, 3.63) is 253 Å². The number of aromatic nitrogens is 1. The highest BCUT2D eigenvalue weighted by Gasteiger charge is 2.26. The fourth-order valence-corrected chi connectivity index (χ4v) is 11.6. The van der Waals surface area contributed by atoms with E-state index in [4.69, 9.17) is 4.74 Å². The summed E-state index contributed by atoms with van der Waals surface area (Å²) in [7, 11) is 0. The van der Waals surface area contributed by atoms with Crippen molar-refractivity contribution < 1.29 is 30.3 Å². The molecule has 1 aliphatic carbocycles. The standard InChI is InChI=1S/C50H38N2OS.C13H12O5.C7H8/c1-33-14-6-8-18-39(33)40-19-9-11-21-43(40)51(35-16-4-3-5-17-35)37-26-29-41-45(32-37)52(36-24-27-38(28-25-36)53-46-22-12-7-15-34(46)2)44-30-31-48-50(49(41)44)42-20-10-13-23-47(42)54-48;1-6-2-4-7(5-3-6)8-9(14)11(16)13(18)12(17)10(8)15;1-7-5-3-2-4-6-7/h3-16,18-32,35H,17H2,1-2H3;2-5,14-18H,1H3;2-6H,1H3. The zero-order chi connectivity index (χ0) is 54.7. The number of anilines is 2. The number of aryl methyl sites for hydroxylation is 4. The van der Waals surface area contributed by atoms with E-state index < -0.39 is 28.7 Å². The van der Waals surface area contributed by atoms with Crippen molar-refractivity contribution in [1.82, 2.24) is 4.57 Å². The van der Waals surface area contributed by atoms with Gasteiger partial charge in [0.05, 0.1) is 22.6 Å². The van der Waals surface area contributed by atoms with E-state index in [2.05, 4.69) is 200 Å². The lowest BCUT2D eigenvalue weighted by Gasteiger charge is -2.34. The minimum atomic E-state index is -0.958. The molecule has 5 N–H and O–H groups in total. The maximum atomic E-state index is 9.73. The zero-order valence-electron chi connectivity index (χ0n) is 44.2. The Kier molecular flexibility index (Phi) is 14.4. The third kappa shape index (κ3) is 10.1. The van der Waals surface area contributed by atoms with Crippen molar-refractivity contribution in [2.75, 3.05) is 4.90 Å². The number of hydrogen-bond donors (Lipinski definition) is 5. The van der Waals surface area contributed by atoms with Gasteiger partial charge in [0.1, 0.15) is 11.5 Å². The van der Waals surface area contributed by atoms with Crippen LogP contribution in [-0.2, 0) is 0 Å². The molecule has 0 amide bonds. The molecule has 0 bridgehead atoms. The van der Waals surface area contributed by atoms with Crippen LogP contribution >= 0.6 is 11.3 Å². The van der Waals surface area contributed by atoms with Gasteiger partial charge in [0.15, 0.2) is 11.5 Å². The topological polar surface area (TPSA) is 119 Å². The number of benzene rings is 10. The molecule has 8 nitrogen and oxygen atoms in total. The van der Waals surface area contributed by atoms with Gasteiger partial charge in [-0.2, -0.15) is 0 Å². The lowest BCUT2D eigenvalue weighted by molar-refractivity contribution is 0.330. The van der Waals surface area contributed by atoms with E-state index >= 15 is 0 Å². The van der Waals surface area contributed by atoms with E-state index in [0.717, 1.165) is 40.4 Å². The monoisotopic (exact) mass is 1050 g/mol. The largest absolute Gasteiger partial charge is 0.504 e. The van der Waals surface area contributed by atoms with Crippen LogP contribution in [0.1, 0.15) is 28.7 Å². The summed E-state index contributed by atoms with van der Waals surface area (Å²) in [6, 6.07) is 72.0. The highest BCUT2D eigenvalue weighted by molar-refractivity contribution is 7.26. The number of para-hydroxylation sites is 2. The second kappa shape index (κ2) is 22.1. The zero-order valence-corrected chi connectivity index (χ0v) is 45.0. The number of hydrogen-bond acceptors (Lipinski definition) is 8. The number of thiophene rings is 1. The third-order valence-electron chi connectivity index (χ3n) is 14.5. The molecule has 0 spiro atoms. The smallest absolute Gasteiger partial charge is 0.208 e. The molecule has 79 heavy (non-hydrogen) atoms. The summed E-state index contributed by atoms with van der Waals surface area (Å²) in [4.78, 5) is 2.54. The first-order valence-electron chi connectivity index (χ1n) is 26.2. The summed E-state index contributed by atoms with van der Waals surface area (Å²) in [5.74, 6) is -2.39. The van der Waals surface area contributed by atoms with Gasteiger partial charge in [-0.1, -0.05) is 175 Å². The Hall–Kier alpha value is -9.70. The number of fused-ring (bicyclic) bond motifs is 7. The van der Waals surface area contributed by atoms with Gasteiger partial charge in [-0.3, -0.25) is 0 Å². The summed E-state index contributed by atoms with van der Waals surface area (Å²) in [5.41, 5.74) is 13.2. The van der Waals surface area contributed by atoms with Crippen molar-refractivity contribution in [3.8, 4) is 68.2 Å². The molecule has 0 saturated heterocycles. The van der Waals surface area contributed by atoms with Crippen LogP contribution in [0.2, 0.25) is 0 Å². The Morgan fingerprint density at radius 2 is 1.13 bits per heavy atom. The van der Waals surface area contributed by atoms with Crippen LogP contribution in [-0.4, -0.2) is 36.1 Å². The number of rotatable bonds is 8. The van der Waals surface area contributed by atoms with E-state index in [0.29, 0.717) is 5.56 Å². The van der Waals surface area contributed by atoms with E-state index in [1.807, 2.05) is 54.7 Å². The maximum absolute atomic E-state index is 9.73. The van der Waals surface area contributed by atoms with Crippen molar-refractivity contribution in [2.24, 2.45) is 0 Å². The van der Waals surface area contributed by atoms with Crippen molar-refractivity contribution in [3.63, 3.8) is 0 Å². The maximum Gasteiger partial charge on any atom is 0.208 e. The minimum Gasteiger partial charge on any atom is -0.504 e. The Bertz CT molecular complexity index is 4220. The van der Waals surface area contributed by atoms with Gasteiger partial charge >= 0.3 is 0 Å². The quantitative estimate of drug-likeness (QED) is 0.0760. The van der Waals surface area contributed by atoms with Crippen LogP contribution in [0.3, 0.4) is 0 Å². The molecule has 0 aliphatic heterocycles. The average Bonchev–Trinajstić information content (AvgIpc) is 4.16. The molecule has 9 heteroatoms. The second-order valence-electron chi connectivity index (χ2n) is 19.8. The number of nitrogens with zero attached hydrogens (tertiary/aromatic N) is 2. The van der Waals surface area contributed by atoms with Gasteiger partial charge in [0, 0.05) is 53.6 Å². The van der Waals surface area contributed by atoms with Gasteiger partial charge < -0.3 is 39.7 Å². The van der Waals surface area contributed by atoms with E-state index in [-0.39, 0.29) is 11.6 Å². The molecule has 0 radical (unpaired) electrons. The number of allylic oxidation sites excluding steroid dienone is 2. The number of phenols is 5. The van der Waals surface area contributed by atoms with E-state index in [1.165, 1.54) is 69.9 Å². The normalized spacial score (nSPS) is 12.8. The van der Waals surface area contributed by atoms with Crippen LogP contribution in [0.5, 0.6) is 40.2 Å². The van der Waals surface area contributed by atoms with E-state index in [1.54, 1.807) is 24.3 Å². The van der Waals surface area contributed by atoms with E-state index in [9.17, 15) is 25.5 Å². The van der Waals surface area contributed by atoms with Crippen LogP contribution in [0.15, 0.2) is 231 Å². The van der Waals surface area contributed by atoms with Crippen molar-refractivity contribution >= 4 is 64.7 Å². The van der Waals surface area contributed by atoms with Gasteiger partial charge in [-0.25, -0.2) is 0 Å². The van der Waals surface area contributed by atoms with Crippen LogP contribution in [0.4, 0.5) is 11.4 Å². The molecular formula is C70H58N2O6S. The van der Waals surface area contributed by atoms with Crippen LogP contribution in [0.25, 0.3) is 69.9 Å². The van der Waals surface area contributed by atoms with Gasteiger partial charge in [-0.15, -0.1) is 11.3 Å². The average molecular weight is 1060 g/mol. The Balaban J connectivity index is 0.000000217. The summed E-state index contributed by atoms with van der Waals surface area (Å²) < 4.78 is 11.4. The lowest BCUT2D eigenvalue weighted by Crippen LogP contribution is -2.30. The highest BCUT2D eigenvalue weighted by Crippen LogP contribution is 2.55. The first kappa shape index (κ1) is 51.4. The first-order chi connectivity index (χ1) is 38.4. The number of aromatic hydroxyl groups is 5. The molecule has 390 valence electrons. The summed E-state index contributed by atoms with van der Waals surface area (Å²) in [6.45, 7) is 8.24. The second-order valence-corrected chi connectivity index (χ2v) is 20.9. The molecule has 2 aromatic heterocycles. The Morgan fingerprint density at radius 3 is 1.81 bits per heavy atom. The van der Waals surface area contributed by atoms with Gasteiger partial charge in [0.25, 0.3) is 0 Å². The Morgan fingerprint density at radius 1 is 0.494 bits per heavy atom. The Labute approximate surface area is 463 Å². The summed E-state index contributed by atoms with van der Waals surface area (Å²) >= 11 is 1.87. The SMILES string of the molecule is Cc1ccc(-c2c(O)c(O)c(O)c(O)c2O)cc1.Cc1ccccc1.Cc1ccccc1Oc1ccc(-n2c3cc(N(c4ccccc4-c4ccccc4C)C4C=CC=CC4)ccc3c3c4c(ccc32)sc2ccccc24)cc1. The predicted molar refractivity (Wildman–Crippen MR) is 326 cm³/mol. The molecule has 0 saturated carbocycles. The first-order valence-corrected chi connectivity index (χ1v) is 27.0. The fraction of sp³-hybridized carbons (Fsp3) is 0.0857.